The molecule has 3 rings (SSSR count). The Morgan fingerprint density at radius 2 is 1.71 bits per heavy atom. The van der Waals surface area contributed by atoms with Crippen LogP contribution in [0, 0.1) is 6.92 Å². The van der Waals surface area contributed by atoms with Crippen molar-refractivity contribution in [2.24, 2.45) is 0 Å². The molecule has 0 amide bonds. The van der Waals surface area contributed by atoms with Gasteiger partial charge in [0, 0.05) is 16.9 Å². The van der Waals surface area contributed by atoms with Crippen molar-refractivity contribution in [1.82, 2.24) is 9.78 Å². The van der Waals surface area contributed by atoms with Crippen LogP contribution in [-0.2, 0) is 6.54 Å². The first-order valence-corrected chi connectivity index (χ1v) is 8.29. The Hall–Kier alpha value is -2.37. The predicted molar refractivity (Wildman–Crippen MR) is 104 cm³/mol. The summed E-state index contributed by atoms with van der Waals surface area (Å²) in [6.07, 6.45) is 3.68. The fraction of sp³-hybridized carbons (Fsp3) is 0.111. The highest BCUT2D eigenvalue weighted by atomic mass is 35.5. The summed E-state index contributed by atoms with van der Waals surface area (Å²) < 4.78 is 1.87. The average Bonchev–Trinajstić information content (AvgIpc) is 2.99. The molecule has 1 heterocycles. The molecule has 0 unspecified atom stereocenters. The van der Waals surface area contributed by atoms with Crippen molar-refractivity contribution in [1.29, 1.82) is 0 Å². The zero-order valence-electron chi connectivity index (χ0n) is 13.2. The Kier molecular flexibility index (Phi) is 5.13. The molecule has 1 aromatic heterocycles. The number of anilines is 2. The molecule has 0 saturated heterocycles. The van der Waals surface area contributed by atoms with Gasteiger partial charge in [-0.05, 0) is 49.0 Å². The van der Waals surface area contributed by atoms with E-state index in [1.165, 1.54) is 11.1 Å². The van der Waals surface area contributed by atoms with Crippen LogP contribution in [0.15, 0.2) is 60.9 Å². The molecule has 24 heavy (non-hydrogen) atoms. The van der Waals surface area contributed by atoms with Gasteiger partial charge in [0.2, 0.25) is 0 Å². The van der Waals surface area contributed by atoms with Gasteiger partial charge in [-0.25, -0.2) is 0 Å². The largest absolute Gasteiger partial charge is 0.332 e. The second-order valence-corrected chi connectivity index (χ2v) is 6.34. The fourth-order valence-corrected chi connectivity index (χ4v) is 2.58. The van der Waals surface area contributed by atoms with Crippen LogP contribution in [0.25, 0.3) is 0 Å². The van der Waals surface area contributed by atoms with Crippen molar-refractivity contribution in [3.8, 4) is 0 Å². The Morgan fingerprint density at radius 1 is 1.04 bits per heavy atom. The van der Waals surface area contributed by atoms with E-state index < -0.39 is 0 Å². The quantitative estimate of drug-likeness (QED) is 0.665. The third-order valence-corrected chi connectivity index (χ3v) is 3.91. The van der Waals surface area contributed by atoms with Gasteiger partial charge in [-0.3, -0.25) is 4.68 Å². The second-order valence-electron chi connectivity index (χ2n) is 5.50. The van der Waals surface area contributed by atoms with Crippen molar-refractivity contribution in [3.05, 3.63) is 77.1 Å². The third-order valence-electron chi connectivity index (χ3n) is 3.46. The highest BCUT2D eigenvalue weighted by molar-refractivity contribution is 7.80. The lowest BCUT2D eigenvalue weighted by atomic mass is 10.1. The molecule has 2 aromatic carbocycles. The van der Waals surface area contributed by atoms with E-state index >= 15 is 0 Å². The molecule has 0 spiro atoms. The minimum atomic E-state index is 0.507. The van der Waals surface area contributed by atoms with E-state index in [0.717, 1.165) is 17.9 Å². The van der Waals surface area contributed by atoms with Crippen LogP contribution in [0.5, 0.6) is 0 Å². The first-order valence-electron chi connectivity index (χ1n) is 7.50. The van der Waals surface area contributed by atoms with Gasteiger partial charge >= 0.3 is 0 Å². The first kappa shape index (κ1) is 16.5. The van der Waals surface area contributed by atoms with Crippen LogP contribution < -0.4 is 10.6 Å². The number of hydrogen-bond acceptors (Lipinski definition) is 2. The molecule has 0 atom stereocenters. The predicted octanol–water partition coefficient (Wildman–Crippen LogP) is 4.70. The number of aromatic nitrogens is 2. The van der Waals surface area contributed by atoms with Gasteiger partial charge < -0.3 is 10.6 Å². The molecule has 0 aliphatic rings. The van der Waals surface area contributed by atoms with Crippen LogP contribution >= 0.6 is 23.8 Å². The first-order chi connectivity index (χ1) is 11.6. The number of hydrogen-bond donors (Lipinski definition) is 2. The minimum Gasteiger partial charge on any atom is -0.332 e. The summed E-state index contributed by atoms with van der Waals surface area (Å²) in [5.41, 5.74) is 4.18. The zero-order valence-corrected chi connectivity index (χ0v) is 14.7. The molecule has 0 saturated carbocycles. The summed E-state index contributed by atoms with van der Waals surface area (Å²) in [5, 5.41) is 11.8. The van der Waals surface area contributed by atoms with Gasteiger partial charge in [-0.15, -0.1) is 0 Å². The van der Waals surface area contributed by atoms with E-state index in [1.54, 1.807) is 6.20 Å². The molecular formula is C18H17ClN4S. The average molecular weight is 357 g/mol. The smallest absolute Gasteiger partial charge is 0.175 e. The van der Waals surface area contributed by atoms with Crippen molar-refractivity contribution in [2.75, 3.05) is 10.6 Å². The lowest BCUT2D eigenvalue weighted by molar-refractivity contribution is 0.687. The third kappa shape index (κ3) is 4.57. The van der Waals surface area contributed by atoms with Gasteiger partial charge in [-0.2, -0.15) is 5.10 Å². The molecule has 2 N–H and O–H groups in total. The van der Waals surface area contributed by atoms with E-state index in [0.29, 0.717) is 10.1 Å². The topological polar surface area (TPSA) is 41.9 Å². The van der Waals surface area contributed by atoms with Crippen LogP contribution in [0.4, 0.5) is 11.4 Å². The maximum atomic E-state index is 5.87. The normalized spacial score (nSPS) is 10.4. The van der Waals surface area contributed by atoms with E-state index in [1.807, 2.05) is 35.1 Å². The number of nitrogens with one attached hydrogen (secondary N) is 2. The molecule has 4 nitrogen and oxygen atoms in total. The number of benzene rings is 2. The standard InChI is InChI=1S/C18H17ClN4S/c1-13-2-4-14(5-3-13)11-23-12-17(10-20-23)22-18(24)21-16-8-6-15(19)7-9-16/h2-10,12H,11H2,1H3,(H2,21,22,24). The monoisotopic (exact) mass is 356 g/mol. The van der Waals surface area contributed by atoms with Gasteiger partial charge in [0.15, 0.2) is 5.11 Å². The second kappa shape index (κ2) is 7.47. The number of halogens is 1. The summed E-state index contributed by atoms with van der Waals surface area (Å²) >= 11 is 11.2. The highest BCUT2D eigenvalue weighted by Gasteiger charge is 2.03. The SMILES string of the molecule is Cc1ccc(Cn2cc(NC(=S)Nc3ccc(Cl)cc3)cn2)cc1. The number of nitrogens with zero attached hydrogens (tertiary/aromatic N) is 2. The summed E-state index contributed by atoms with van der Waals surface area (Å²) in [7, 11) is 0. The lowest BCUT2D eigenvalue weighted by Crippen LogP contribution is -2.18. The molecule has 0 aliphatic heterocycles. The number of aryl methyl sites for hydroxylation is 1. The lowest BCUT2D eigenvalue weighted by Gasteiger charge is -2.08. The van der Waals surface area contributed by atoms with E-state index in [2.05, 4.69) is 46.9 Å². The maximum absolute atomic E-state index is 5.87. The minimum absolute atomic E-state index is 0.507. The Bertz CT molecular complexity index is 825. The van der Waals surface area contributed by atoms with Crippen molar-refractivity contribution < 1.29 is 0 Å². The highest BCUT2D eigenvalue weighted by Crippen LogP contribution is 2.14. The van der Waals surface area contributed by atoms with Crippen LogP contribution in [0.1, 0.15) is 11.1 Å². The van der Waals surface area contributed by atoms with Crippen molar-refractivity contribution >= 4 is 40.3 Å². The van der Waals surface area contributed by atoms with Gasteiger partial charge in [0.1, 0.15) is 0 Å². The Morgan fingerprint density at radius 3 is 2.42 bits per heavy atom. The van der Waals surface area contributed by atoms with Gasteiger partial charge in [-0.1, -0.05) is 41.4 Å². The van der Waals surface area contributed by atoms with E-state index in [9.17, 15) is 0 Å². The van der Waals surface area contributed by atoms with Crippen LogP contribution in [0.3, 0.4) is 0 Å². The van der Waals surface area contributed by atoms with Crippen LogP contribution in [0.2, 0.25) is 5.02 Å². The summed E-state index contributed by atoms with van der Waals surface area (Å²) in [5.74, 6) is 0. The Labute approximate surface area is 151 Å². The summed E-state index contributed by atoms with van der Waals surface area (Å²) in [6.45, 7) is 2.80. The molecule has 0 fully saturated rings. The molecule has 122 valence electrons. The zero-order chi connectivity index (χ0) is 16.9. The van der Waals surface area contributed by atoms with Gasteiger partial charge in [0.05, 0.1) is 18.4 Å². The van der Waals surface area contributed by atoms with Crippen molar-refractivity contribution in [2.45, 2.75) is 13.5 Å². The number of rotatable bonds is 4. The summed E-state index contributed by atoms with van der Waals surface area (Å²) in [4.78, 5) is 0. The molecule has 0 bridgehead atoms. The Balaban J connectivity index is 1.58. The van der Waals surface area contributed by atoms with E-state index in [4.69, 9.17) is 23.8 Å². The molecule has 0 radical (unpaired) electrons. The summed E-state index contributed by atoms with van der Waals surface area (Å²) in [6, 6.07) is 15.8. The van der Waals surface area contributed by atoms with E-state index in [-0.39, 0.29) is 0 Å². The molecule has 0 aliphatic carbocycles. The van der Waals surface area contributed by atoms with Crippen molar-refractivity contribution in [3.63, 3.8) is 0 Å². The molecular weight excluding hydrogens is 340 g/mol. The van der Waals surface area contributed by atoms with Crippen LogP contribution in [-0.4, -0.2) is 14.9 Å². The maximum Gasteiger partial charge on any atom is 0.175 e. The molecule has 6 heteroatoms. The molecule has 3 aromatic rings. The van der Waals surface area contributed by atoms with Gasteiger partial charge in [0.25, 0.3) is 0 Å². The number of thiocarbonyl (C=S) groups is 1. The fourth-order valence-electron chi connectivity index (χ4n) is 2.22.